The minimum absolute atomic E-state index is 0.277. The highest BCUT2D eigenvalue weighted by Gasteiger charge is 2.59. The summed E-state index contributed by atoms with van der Waals surface area (Å²) >= 11 is 0. The average molecular weight is 216 g/mol. The minimum atomic E-state index is -1.28. The molecular formula is C11H20O4. The van der Waals surface area contributed by atoms with Crippen molar-refractivity contribution in [1.82, 2.24) is 0 Å². The molecule has 0 bridgehead atoms. The van der Waals surface area contributed by atoms with E-state index in [1.165, 1.54) is 0 Å². The third kappa shape index (κ3) is 2.16. The topological polar surface area (TPSA) is 55.8 Å². The van der Waals surface area contributed by atoms with Crippen molar-refractivity contribution in [3.63, 3.8) is 0 Å². The van der Waals surface area contributed by atoms with Crippen molar-refractivity contribution < 1.29 is 19.4 Å². The van der Waals surface area contributed by atoms with Crippen molar-refractivity contribution >= 4 is 5.97 Å². The number of carbonyl (C=O) groups is 1. The first-order valence-corrected chi connectivity index (χ1v) is 5.10. The number of rotatable bonds is 1. The maximum atomic E-state index is 11.3. The van der Waals surface area contributed by atoms with E-state index in [2.05, 4.69) is 0 Å². The van der Waals surface area contributed by atoms with Crippen molar-refractivity contribution in [1.29, 1.82) is 0 Å². The molecule has 4 nitrogen and oxygen atoms in total. The van der Waals surface area contributed by atoms with E-state index in [4.69, 9.17) is 9.47 Å². The summed E-state index contributed by atoms with van der Waals surface area (Å²) in [4.78, 5) is 11.3. The van der Waals surface area contributed by atoms with Crippen molar-refractivity contribution in [2.75, 3.05) is 0 Å². The van der Waals surface area contributed by atoms with Crippen LogP contribution in [0.1, 0.15) is 41.5 Å². The van der Waals surface area contributed by atoms with Crippen LogP contribution in [0.25, 0.3) is 0 Å². The molecule has 0 aromatic carbocycles. The van der Waals surface area contributed by atoms with Crippen LogP contribution >= 0.6 is 0 Å². The van der Waals surface area contributed by atoms with E-state index >= 15 is 0 Å². The Morgan fingerprint density at radius 1 is 1.27 bits per heavy atom. The standard InChI is InChI=1S/C11H20O4/c1-9(2,3)7-11(6,8(12)13)15-10(4,5)14-7/h7H,1-6H3,(H,12,13)/t7-,11-/m1/s1. The zero-order chi connectivity index (χ0) is 12.1. The lowest BCUT2D eigenvalue weighted by molar-refractivity contribution is -0.182. The predicted octanol–water partition coefficient (Wildman–Crippen LogP) is 2.03. The lowest BCUT2D eigenvalue weighted by Gasteiger charge is -2.33. The molecule has 0 unspecified atom stereocenters. The first kappa shape index (κ1) is 12.5. The number of hydrogen-bond donors (Lipinski definition) is 1. The van der Waals surface area contributed by atoms with Gasteiger partial charge in [0, 0.05) is 0 Å². The average Bonchev–Trinajstić information content (AvgIpc) is 2.21. The molecule has 15 heavy (non-hydrogen) atoms. The summed E-state index contributed by atoms with van der Waals surface area (Å²) in [5.74, 6) is -1.82. The lowest BCUT2D eigenvalue weighted by atomic mass is 9.79. The molecule has 0 amide bonds. The van der Waals surface area contributed by atoms with Crippen molar-refractivity contribution in [2.45, 2.75) is 59.0 Å². The van der Waals surface area contributed by atoms with E-state index in [0.717, 1.165) is 0 Å². The molecule has 1 aliphatic heterocycles. The molecule has 1 aliphatic rings. The number of carboxylic acids is 1. The fraction of sp³-hybridized carbons (Fsp3) is 0.909. The Labute approximate surface area is 90.6 Å². The van der Waals surface area contributed by atoms with Crippen LogP contribution in [0.4, 0.5) is 0 Å². The summed E-state index contributed by atoms with van der Waals surface area (Å²) in [5, 5.41) is 9.23. The quantitative estimate of drug-likeness (QED) is 0.728. The first-order valence-electron chi connectivity index (χ1n) is 5.10. The van der Waals surface area contributed by atoms with Gasteiger partial charge < -0.3 is 14.6 Å². The molecule has 0 radical (unpaired) electrons. The van der Waals surface area contributed by atoms with E-state index in [1.54, 1.807) is 20.8 Å². The summed E-state index contributed by atoms with van der Waals surface area (Å²) in [7, 11) is 0. The maximum Gasteiger partial charge on any atom is 0.338 e. The van der Waals surface area contributed by atoms with E-state index < -0.39 is 23.5 Å². The van der Waals surface area contributed by atoms with Crippen LogP contribution < -0.4 is 0 Å². The highest BCUT2D eigenvalue weighted by Crippen LogP contribution is 2.44. The Bertz CT molecular complexity index is 277. The molecule has 0 aromatic rings. The van der Waals surface area contributed by atoms with Gasteiger partial charge in [0.15, 0.2) is 11.4 Å². The first-order chi connectivity index (χ1) is 6.49. The van der Waals surface area contributed by atoms with Gasteiger partial charge in [-0.3, -0.25) is 0 Å². The number of hydrogen-bond acceptors (Lipinski definition) is 3. The minimum Gasteiger partial charge on any atom is -0.479 e. The Balaban J connectivity index is 3.10. The van der Waals surface area contributed by atoms with Crippen molar-refractivity contribution in [2.24, 2.45) is 5.41 Å². The van der Waals surface area contributed by atoms with Crippen LogP contribution in [0.5, 0.6) is 0 Å². The summed E-state index contributed by atoms with van der Waals surface area (Å²) in [5.41, 5.74) is -1.55. The number of aliphatic carboxylic acids is 1. The fourth-order valence-corrected chi connectivity index (χ4v) is 2.14. The van der Waals surface area contributed by atoms with Gasteiger partial charge in [0.2, 0.25) is 0 Å². The van der Waals surface area contributed by atoms with Crippen molar-refractivity contribution in [3.05, 3.63) is 0 Å². The van der Waals surface area contributed by atoms with Gasteiger partial charge >= 0.3 is 5.97 Å². The highest BCUT2D eigenvalue weighted by molar-refractivity contribution is 5.78. The van der Waals surface area contributed by atoms with Crippen LogP contribution in [0, 0.1) is 5.41 Å². The Hall–Kier alpha value is -0.610. The van der Waals surface area contributed by atoms with Crippen LogP contribution in [-0.4, -0.2) is 28.6 Å². The maximum absolute atomic E-state index is 11.3. The van der Waals surface area contributed by atoms with Gasteiger partial charge in [-0.15, -0.1) is 0 Å². The molecule has 0 spiro atoms. The third-order valence-electron chi connectivity index (χ3n) is 2.57. The predicted molar refractivity (Wildman–Crippen MR) is 55.5 cm³/mol. The second kappa shape index (κ2) is 3.19. The smallest absolute Gasteiger partial charge is 0.338 e. The van der Waals surface area contributed by atoms with E-state index in [1.807, 2.05) is 20.8 Å². The van der Waals surface area contributed by atoms with Crippen LogP contribution in [0.3, 0.4) is 0 Å². The summed E-state index contributed by atoms with van der Waals surface area (Å²) in [6.07, 6.45) is -0.461. The molecule has 0 saturated carbocycles. The third-order valence-corrected chi connectivity index (χ3v) is 2.57. The van der Waals surface area contributed by atoms with Gasteiger partial charge in [0.05, 0.1) is 0 Å². The Kier molecular flexibility index (Phi) is 2.65. The van der Waals surface area contributed by atoms with Gasteiger partial charge in [0.1, 0.15) is 6.10 Å². The van der Waals surface area contributed by atoms with Crippen molar-refractivity contribution in [3.8, 4) is 0 Å². The van der Waals surface area contributed by atoms with Gasteiger partial charge in [-0.05, 0) is 26.2 Å². The molecule has 88 valence electrons. The molecule has 0 aromatic heterocycles. The molecule has 1 saturated heterocycles. The fourth-order valence-electron chi connectivity index (χ4n) is 2.14. The molecule has 4 heteroatoms. The Morgan fingerprint density at radius 2 is 1.73 bits per heavy atom. The summed E-state index contributed by atoms with van der Waals surface area (Å²) in [6, 6.07) is 0. The van der Waals surface area contributed by atoms with Gasteiger partial charge in [0.25, 0.3) is 0 Å². The van der Waals surface area contributed by atoms with Gasteiger partial charge in [-0.25, -0.2) is 4.79 Å². The Morgan fingerprint density at radius 3 is 2.00 bits per heavy atom. The van der Waals surface area contributed by atoms with Crippen LogP contribution in [0.2, 0.25) is 0 Å². The molecule has 1 fully saturated rings. The molecule has 1 N–H and O–H groups in total. The molecule has 1 rings (SSSR count). The normalized spacial score (nSPS) is 35.5. The molecular weight excluding hydrogens is 196 g/mol. The second-order valence-corrected chi connectivity index (χ2v) is 5.78. The van der Waals surface area contributed by atoms with E-state index in [0.29, 0.717) is 0 Å². The van der Waals surface area contributed by atoms with E-state index in [9.17, 15) is 9.90 Å². The lowest BCUT2D eigenvalue weighted by Crippen LogP contribution is -2.50. The highest BCUT2D eigenvalue weighted by atomic mass is 16.8. The van der Waals surface area contributed by atoms with E-state index in [-0.39, 0.29) is 5.41 Å². The number of carboxylic acid groups (broad SMARTS) is 1. The van der Waals surface area contributed by atoms with Gasteiger partial charge in [-0.2, -0.15) is 0 Å². The summed E-state index contributed by atoms with van der Waals surface area (Å²) < 4.78 is 11.2. The zero-order valence-electron chi connectivity index (χ0n) is 10.2. The molecule has 0 aliphatic carbocycles. The largest absolute Gasteiger partial charge is 0.479 e. The molecule has 2 atom stereocenters. The number of ether oxygens (including phenoxy) is 2. The van der Waals surface area contributed by atoms with Crippen LogP contribution in [-0.2, 0) is 14.3 Å². The molecule has 1 heterocycles. The summed E-state index contributed by atoms with van der Waals surface area (Å²) in [6.45, 7) is 10.9. The SMILES string of the molecule is CC1(C)O[C@H](C(C)(C)C)[C@](C)(C(=O)O)O1. The second-order valence-electron chi connectivity index (χ2n) is 5.78. The van der Waals surface area contributed by atoms with Crippen LogP contribution in [0.15, 0.2) is 0 Å². The zero-order valence-corrected chi connectivity index (χ0v) is 10.2. The monoisotopic (exact) mass is 216 g/mol. The van der Waals surface area contributed by atoms with Gasteiger partial charge in [-0.1, -0.05) is 20.8 Å².